The number of nitrogens with one attached hydrogen (secondary N) is 1. The summed E-state index contributed by atoms with van der Waals surface area (Å²) in [4.78, 5) is 27.4. The Kier molecular flexibility index (Phi) is 4.93. The van der Waals surface area contributed by atoms with Crippen LogP contribution in [0.3, 0.4) is 0 Å². The molecule has 0 aromatic heterocycles. The molecule has 0 aromatic carbocycles. The highest BCUT2D eigenvalue weighted by Gasteiger charge is 2.34. The maximum absolute atomic E-state index is 12.2. The molecule has 5 nitrogen and oxygen atoms in total. The molecule has 17 heavy (non-hydrogen) atoms. The van der Waals surface area contributed by atoms with Gasteiger partial charge in [0.05, 0.1) is 6.54 Å². The van der Waals surface area contributed by atoms with Crippen molar-refractivity contribution < 1.29 is 9.59 Å². The van der Waals surface area contributed by atoms with Gasteiger partial charge in [0.15, 0.2) is 0 Å². The monoisotopic (exact) mass is 241 g/mol. The first kappa shape index (κ1) is 14.0. The van der Waals surface area contributed by atoms with E-state index in [1.807, 2.05) is 32.8 Å². The van der Waals surface area contributed by atoms with E-state index in [9.17, 15) is 9.59 Å². The number of nitrogens with zero attached hydrogens (tertiary/aromatic N) is 2. The van der Waals surface area contributed by atoms with Gasteiger partial charge in [-0.15, -0.1) is 0 Å². The Labute approximate surface area is 103 Å². The van der Waals surface area contributed by atoms with Crippen LogP contribution in [-0.4, -0.2) is 61.4 Å². The van der Waals surface area contributed by atoms with Gasteiger partial charge in [-0.1, -0.05) is 20.3 Å². The number of hydrogen-bond acceptors (Lipinski definition) is 3. The second kappa shape index (κ2) is 6.00. The molecule has 1 aliphatic heterocycles. The summed E-state index contributed by atoms with van der Waals surface area (Å²) in [6.45, 7) is 5.62. The first-order valence-corrected chi connectivity index (χ1v) is 6.18. The summed E-state index contributed by atoms with van der Waals surface area (Å²) in [5.41, 5.74) is 0. The van der Waals surface area contributed by atoms with Crippen LogP contribution in [0.5, 0.6) is 0 Å². The summed E-state index contributed by atoms with van der Waals surface area (Å²) in [5, 5.41) is 2.79. The van der Waals surface area contributed by atoms with E-state index in [1.165, 1.54) is 0 Å². The van der Waals surface area contributed by atoms with E-state index >= 15 is 0 Å². The molecule has 2 amide bonds. The molecule has 0 radical (unpaired) electrons. The van der Waals surface area contributed by atoms with Crippen molar-refractivity contribution in [2.75, 3.05) is 33.7 Å². The van der Waals surface area contributed by atoms with Crippen LogP contribution in [-0.2, 0) is 9.59 Å². The van der Waals surface area contributed by atoms with E-state index in [0.29, 0.717) is 6.54 Å². The van der Waals surface area contributed by atoms with E-state index in [0.717, 1.165) is 13.0 Å². The molecule has 0 unspecified atom stereocenters. The second-order valence-corrected chi connectivity index (χ2v) is 4.99. The van der Waals surface area contributed by atoms with E-state index in [4.69, 9.17) is 0 Å². The molecule has 0 aliphatic carbocycles. The molecular formula is C12H23N3O2. The van der Waals surface area contributed by atoms with E-state index in [2.05, 4.69) is 5.32 Å². The molecule has 98 valence electrons. The Balaban J connectivity index is 2.65. The largest absolute Gasteiger partial charge is 0.342 e. The fourth-order valence-electron chi connectivity index (χ4n) is 1.86. The fourth-order valence-corrected chi connectivity index (χ4v) is 1.86. The third-order valence-corrected chi connectivity index (χ3v) is 3.26. The number of carbonyl (C=O) groups is 2. The summed E-state index contributed by atoms with van der Waals surface area (Å²) in [6, 6.07) is -0.344. The quantitative estimate of drug-likeness (QED) is 0.732. The van der Waals surface area contributed by atoms with Gasteiger partial charge in [-0.2, -0.15) is 0 Å². The van der Waals surface area contributed by atoms with Gasteiger partial charge in [0.25, 0.3) is 0 Å². The van der Waals surface area contributed by atoms with Gasteiger partial charge in [0.1, 0.15) is 6.04 Å². The Morgan fingerprint density at radius 3 is 2.65 bits per heavy atom. The predicted octanol–water partition coefficient (Wildman–Crippen LogP) is -0.0789. The summed E-state index contributed by atoms with van der Waals surface area (Å²) in [6.07, 6.45) is 0.887. The molecule has 1 heterocycles. The van der Waals surface area contributed by atoms with Gasteiger partial charge in [0.2, 0.25) is 11.8 Å². The lowest BCUT2D eigenvalue weighted by Gasteiger charge is -2.35. The zero-order valence-corrected chi connectivity index (χ0v) is 11.2. The van der Waals surface area contributed by atoms with Gasteiger partial charge < -0.3 is 15.1 Å². The Morgan fingerprint density at radius 1 is 1.47 bits per heavy atom. The highest BCUT2D eigenvalue weighted by Crippen LogP contribution is 2.14. The number of amides is 2. The second-order valence-electron chi connectivity index (χ2n) is 4.99. The topological polar surface area (TPSA) is 52.7 Å². The molecule has 1 saturated heterocycles. The van der Waals surface area contributed by atoms with E-state index in [1.54, 1.807) is 4.90 Å². The molecule has 0 aromatic rings. The number of likely N-dealkylation sites (N-methyl/N-ethyl adjacent to an activating group) is 1. The van der Waals surface area contributed by atoms with Gasteiger partial charge in [-0.25, -0.2) is 0 Å². The Bertz CT molecular complexity index is 291. The van der Waals surface area contributed by atoms with Crippen molar-refractivity contribution in [1.29, 1.82) is 0 Å². The molecule has 0 bridgehead atoms. The molecule has 1 aliphatic rings. The summed E-state index contributed by atoms with van der Waals surface area (Å²) < 4.78 is 0. The van der Waals surface area contributed by atoms with Crippen LogP contribution in [0.1, 0.15) is 20.3 Å². The minimum atomic E-state index is -0.344. The van der Waals surface area contributed by atoms with Crippen LogP contribution in [0.4, 0.5) is 0 Å². The molecule has 2 atom stereocenters. The number of rotatable bonds is 5. The third-order valence-electron chi connectivity index (χ3n) is 3.26. The highest BCUT2D eigenvalue weighted by atomic mass is 16.2. The maximum atomic E-state index is 12.2. The fraction of sp³-hybridized carbons (Fsp3) is 0.833. The highest BCUT2D eigenvalue weighted by molar-refractivity contribution is 5.95. The van der Waals surface area contributed by atoms with Crippen molar-refractivity contribution in [3.8, 4) is 0 Å². The average Bonchev–Trinajstić information content (AvgIpc) is 2.28. The van der Waals surface area contributed by atoms with E-state index < -0.39 is 0 Å². The Morgan fingerprint density at radius 2 is 2.12 bits per heavy atom. The van der Waals surface area contributed by atoms with Crippen LogP contribution >= 0.6 is 0 Å². The number of carbonyl (C=O) groups excluding carboxylic acids is 2. The normalized spacial score (nSPS) is 22.9. The van der Waals surface area contributed by atoms with E-state index in [-0.39, 0.29) is 30.3 Å². The van der Waals surface area contributed by atoms with Crippen LogP contribution in [0.25, 0.3) is 0 Å². The van der Waals surface area contributed by atoms with Crippen molar-refractivity contribution in [2.24, 2.45) is 5.92 Å². The van der Waals surface area contributed by atoms with Gasteiger partial charge >= 0.3 is 0 Å². The molecule has 1 fully saturated rings. The maximum Gasteiger partial charge on any atom is 0.245 e. The van der Waals surface area contributed by atoms with Crippen molar-refractivity contribution in [2.45, 2.75) is 26.3 Å². The third kappa shape index (κ3) is 3.70. The lowest BCUT2D eigenvalue weighted by molar-refractivity contribution is -0.145. The average molecular weight is 241 g/mol. The van der Waals surface area contributed by atoms with Gasteiger partial charge in [-0.3, -0.25) is 9.59 Å². The smallest absolute Gasteiger partial charge is 0.245 e. The standard InChI is InChI=1S/C12H23N3O2/c1-5-9(2)11-12(17)15(7-6-14(3)4)8-10(16)13-11/h9,11H,5-8H2,1-4H3,(H,13,16)/t9-,11-/m0/s1. The van der Waals surface area contributed by atoms with Crippen molar-refractivity contribution >= 4 is 11.8 Å². The summed E-state index contributed by atoms with van der Waals surface area (Å²) in [7, 11) is 3.92. The molecule has 0 saturated carbocycles. The van der Waals surface area contributed by atoms with Crippen LogP contribution in [0, 0.1) is 5.92 Å². The van der Waals surface area contributed by atoms with Crippen LogP contribution in [0.15, 0.2) is 0 Å². The molecule has 0 spiro atoms. The van der Waals surface area contributed by atoms with Crippen LogP contribution < -0.4 is 5.32 Å². The molecule has 5 heteroatoms. The lowest BCUT2D eigenvalue weighted by atomic mass is 9.96. The number of hydrogen-bond donors (Lipinski definition) is 1. The zero-order valence-electron chi connectivity index (χ0n) is 11.2. The first-order chi connectivity index (χ1) is 7.95. The molecule has 1 N–H and O–H groups in total. The first-order valence-electron chi connectivity index (χ1n) is 6.18. The Hall–Kier alpha value is -1.10. The molecule has 1 rings (SSSR count). The van der Waals surface area contributed by atoms with Crippen molar-refractivity contribution in [3.05, 3.63) is 0 Å². The zero-order chi connectivity index (χ0) is 13.0. The SMILES string of the molecule is CC[C@H](C)[C@@H]1NC(=O)CN(CCN(C)C)C1=O. The lowest BCUT2D eigenvalue weighted by Crippen LogP contribution is -2.60. The van der Waals surface area contributed by atoms with Gasteiger partial charge in [0, 0.05) is 13.1 Å². The minimum Gasteiger partial charge on any atom is -0.342 e. The molecular weight excluding hydrogens is 218 g/mol. The van der Waals surface area contributed by atoms with Crippen molar-refractivity contribution in [3.63, 3.8) is 0 Å². The van der Waals surface area contributed by atoms with Crippen LogP contribution in [0.2, 0.25) is 0 Å². The summed E-state index contributed by atoms with van der Waals surface area (Å²) >= 11 is 0. The van der Waals surface area contributed by atoms with Crippen molar-refractivity contribution in [1.82, 2.24) is 15.1 Å². The minimum absolute atomic E-state index is 0.0475. The van der Waals surface area contributed by atoms with Gasteiger partial charge in [-0.05, 0) is 20.0 Å². The predicted molar refractivity (Wildman–Crippen MR) is 66.5 cm³/mol. The summed E-state index contributed by atoms with van der Waals surface area (Å²) in [5.74, 6) is 0.197. The number of piperazine rings is 1.